The highest BCUT2D eigenvalue weighted by atomic mass is 16.5. The zero-order chi connectivity index (χ0) is 7.11. The Hall–Kier alpha value is -0.970. The summed E-state index contributed by atoms with van der Waals surface area (Å²) in [5.74, 6) is 4.87. The van der Waals surface area contributed by atoms with Crippen molar-refractivity contribution in [2.45, 2.75) is 12.8 Å². The molecule has 0 aromatic heterocycles. The Morgan fingerprint density at radius 3 is 2.89 bits per heavy atom. The van der Waals surface area contributed by atoms with E-state index in [4.69, 9.17) is 0 Å². The molecule has 0 aliphatic rings. The topological polar surface area (TPSA) is 26.3 Å². The maximum absolute atomic E-state index is 10.4. The van der Waals surface area contributed by atoms with Crippen molar-refractivity contribution in [3.63, 3.8) is 0 Å². The number of esters is 1. The van der Waals surface area contributed by atoms with Crippen LogP contribution in [0.25, 0.3) is 0 Å². The first-order chi connectivity index (χ1) is 4.31. The Bertz CT molecular complexity index is 139. The molecular weight excluding hydrogens is 116 g/mol. The summed E-state index contributed by atoms with van der Waals surface area (Å²) >= 11 is 0. The Balaban J connectivity index is 3.24. The quantitative estimate of drug-likeness (QED) is 0.402. The highest BCUT2D eigenvalue weighted by molar-refractivity contribution is 5.69. The zero-order valence-corrected chi connectivity index (χ0v) is 5.44. The van der Waals surface area contributed by atoms with Gasteiger partial charge in [-0.1, -0.05) is 0 Å². The lowest BCUT2D eigenvalue weighted by atomic mass is 10.3. The highest BCUT2D eigenvalue weighted by Crippen LogP contribution is 1.87. The number of methoxy groups -OCH3 is 1. The SMILES string of the molecule is [CH2]C#CCCC(=O)OC. The number of rotatable bonds is 2. The second-order valence-electron chi connectivity index (χ2n) is 1.43. The maximum atomic E-state index is 10.4. The molecule has 1 radical (unpaired) electrons. The van der Waals surface area contributed by atoms with E-state index < -0.39 is 0 Å². The van der Waals surface area contributed by atoms with Crippen molar-refractivity contribution in [3.05, 3.63) is 6.92 Å². The molecule has 0 aliphatic carbocycles. The van der Waals surface area contributed by atoms with Crippen LogP contribution in [0.5, 0.6) is 0 Å². The Kier molecular flexibility index (Phi) is 4.61. The van der Waals surface area contributed by atoms with Gasteiger partial charge in [-0.2, -0.15) is 0 Å². The predicted molar refractivity (Wildman–Crippen MR) is 34.4 cm³/mol. The Morgan fingerprint density at radius 1 is 1.78 bits per heavy atom. The zero-order valence-electron chi connectivity index (χ0n) is 5.44. The molecule has 0 rings (SSSR count). The largest absolute Gasteiger partial charge is 0.469 e. The Labute approximate surface area is 55.2 Å². The number of hydrogen-bond donors (Lipinski definition) is 0. The van der Waals surface area contributed by atoms with Crippen molar-refractivity contribution in [2.75, 3.05) is 7.11 Å². The molecule has 0 spiro atoms. The van der Waals surface area contributed by atoms with Crippen LogP contribution in [-0.2, 0) is 9.53 Å². The van der Waals surface area contributed by atoms with E-state index in [2.05, 4.69) is 23.5 Å². The van der Waals surface area contributed by atoms with E-state index in [1.807, 2.05) is 0 Å². The molecule has 0 atom stereocenters. The fourth-order valence-corrected chi connectivity index (χ4v) is 0.355. The molecule has 0 fully saturated rings. The molecule has 0 aromatic rings. The third kappa shape index (κ3) is 4.89. The van der Waals surface area contributed by atoms with Crippen molar-refractivity contribution < 1.29 is 9.53 Å². The standard InChI is InChI=1S/C7H9O2/c1-3-4-5-6-7(8)9-2/h1,5-6H2,2H3. The fourth-order valence-electron chi connectivity index (χ4n) is 0.355. The molecule has 0 saturated heterocycles. The van der Waals surface area contributed by atoms with Crippen LogP contribution in [0.3, 0.4) is 0 Å². The first-order valence-electron chi connectivity index (χ1n) is 2.63. The summed E-state index contributed by atoms with van der Waals surface area (Å²) in [6.45, 7) is 3.30. The van der Waals surface area contributed by atoms with Crippen LogP contribution in [0, 0.1) is 18.8 Å². The number of hydrogen-bond acceptors (Lipinski definition) is 2. The molecule has 0 bridgehead atoms. The molecule has 9 heavy (non-hydrogen) atoms. The summed E-state index contributed by atoms with van der Waals surface area (Å²) in [5, 5.41) is 0. The lowest BCUT2D eigenvalue weighted by molar-refractivity contribution is -0.140. The average molecular weight is 125 g/mol. The molecule has 2 heteroatoms. The van der Waals surface area contributed by atoms with Crippen molar-refractivity contribution in [2.24, 2.45) is 0 Å². The third-order valence-electron chi connectivity index (χ3n) is 0.807. The van der Waals surface area contributed by atoms with Gasteiger partial charge in [0.2, 0.25) is 0 Å². The van der Waals surface area contributed by atoms with Gasteiger partial charge in [0, 0.05) is 13.3 Å². The van der Waals surface area contributed by atoms with E-state index in [1.54, 1.807) is 0 Å². The second-order valence-corrected chi connectivity index (χ2v) is 1.43. The van der Waals surface area contributed by atoms with Crippen molar-refractivity contribution in [1.82, 2.24) is 0 Å². The number of carbonyl (C=O) groups is 1. The van der Waals surface area contributed by atoms with Crippen LogP contribution in [-0.4, -0.2) is 13.1 Å². The van der Waals surface area contributed by atoms with Gasteiger partial charge < -0.3 is 4.74 Å². The molecule has 49 valence electrons. The van der Waals surface area contributed by atoms with Gasteiger partial charge in [-0.15, -0.1) is 11.8 Å². The summed E-state index contributed by atoms with van der Waals surface area (Å²) < 4.78 is 4.37. The lowest BCUT2D eigenvalue weighted by Gasteiger charge is -1.91. The summed E-state index contributed by atoms with van der Waals surface area (Å²) in [6.07, 6.45) is 0.898. The molecule has 0 amide bonds. The van der Waals surface area contributed by atoms with Crippen LogP contribution in [0.2, 0.25) is 0 Å². The minimum Gasteiger partial charge on any atom is -0.469 e. The molecule has 0 aromatic carbocycles. The predicted octanol–water partition coefficient (Wildman–Crippen LogP) is 0.777. The summed E-state index contributed by atoms with van der Waals surface area (Å²) in [5.41, 5.74) is 0. The van der Waals surface area contributed by atoms with Gasteiger partial charge in [0.25, 0.3) is 0 Å². The average Bonchev–Trinajstić information content (AvgIpc) is 1.89. The van der Waals surface area contributed by atoms with Crippen LogP contribution in [0.4, 0.5) is 0 Å². The van der Waals surface area contributed by atoms with Gasteiger partial charge in [-0.05, 0) is 0 Å². The van der Waals surface area contributed by atoms with Crippen molar-refractivity contribution in [3.8, 4) is 11.8 Å². The molecule has 0 saturated carbocycles. The Morgan fingerprint density at radius 2 is 2.44 bits per heavy atom. The summed E-state index contributed by atoms with van der Waals surface area (Å²) in [6, 6.07) is 0. The van der Waals surface area contributed by atoms with E-state index >= 15 is 0 Å². The van der Waals surface area contributed by atoms with Crippen LogP contribution in [0.15, 0.2) is 0 Å². The normalized spacial score (nSPS) is 7.33. The fraction of sp³-hybridized carbons (Fsp3) is 0.429. The third-order valence-corrected chi connectivity index (χ3v) is 0.807. The van der Waals surface area contributed by atoms with E-state index in [9.17, 15) is 4.79 Å². The van der Waals surface area contributed by atoms with Gasteiger partial charge in [0.1, 0.15) is 0 Å². The van der Waals surface area contributed by atoms with Gasteiger partial charge in [0.05, 0.1) is 13.5 Å². The molecule has 0 unspecified atom stereocenters. The van der Waals surface area contributed by atoms with Crippen LogP contribution in [0.1, 0.15) is 12.8 Å². The van der Waals surface area contributed by atoms with E-state index in [-0.39, 0.29) is 5.97 Å². The first kappa shape index (κ1) is 8.03. The van der Waals surface area contributed by atoms with Gasteiger partial charge >= 0.3 is 5.97 Å². The molecular formula is C7H9O2. The molecule has 0 N–H and O–H groups in total. The van der Waals surface area contributed by atoms with E-state index in [0.29, 0.717) is 12.8 Å². The number of carbonyl (C=O) groups excluding carboxylic acids is 1. The van der Waals surface area contributed by atoms with Gasteiger partial charge in [0.15, 0.2) is 0 Å². The maximum Gasteiger partial charge on any atom is 0.306 e. The van der Waals surface area contributed by atoms with E-state index in [1.165, 1.54) is 7.11 Å². The highest BCUT2D eigenvalue weighted by Gasteiger charge is 1.94. The van der Waals surface area contributed by atoms with Crippen molar-refractivity contribution >= 4 is 5.97 Å². The monoisotopic (exact) mass is 125 g/mol. The van der Waals surface area contributed by atoms with Gasteiger partial charge in [-0.25, -0.2) is 0 Å². The molecule has 0 aliphatic heterocycles. The summed E-state index contributed by atoms with van der Waals surface area (Å²) in [4.78, 5) is 10.4. The minimum atomic E-state index is -0.224. The van der Waals surface area contributed by atoms with Crippen LogP contribution < -0.4 is 0 Å². The second kappa shape index (κ2) is 5.17. The number of ether oxygens (including phenoxy) is 1. The smallest absolute Gasteiger partial charge is 0.306 e. The first-order valence-corrected chi connectivity index (χ1v) is 2.63. The van der Waals surface area contributed by atoms with Crippen LogP contribution >= 0.6 is 0 Å². The lowest BCUT2D eigenvalue weighted by Crippen LogP contribution is -1.97. The molecule has 2 nitrogen and oxygen atoms in total. The van der Waals surface area contributed by atoms with Gasteiger partial charge in [-0.3, -0.25) is 4.79 Å². The summed E-state index contributed by atoms with van der Waals surface area (Å²) in [7, 11) is 1.36. The molecule has 0 heterocycles. The minimum absolute atomic E-state index is 0.224. The van der Waals surface area contributed by atoms with E-state index in [0.717, 1.165) is 0 Å². The van der Waals surface area contributed by atoms with Crippen molar-refractivity contribution in [1.29, 1.82) is 0 Å².